The molecule has 0 spiro atoms. The molecule has 2 saturated heterocycles. The topological polar surface area (TPSA) is 127 Å². The Morgan fingerprint density at radius 1 is 1.06 bits per heavy atom. The van der Waals surface area contributed by atoms with Crippen molar-refractivity contribution in [2.75, 3.05) is 76.1 Å². The van der Waals surface area contributed by atoms with Crippen LogP contribution in [0.2, 0.25) is 0 Å². The number of non-ortho nitro benzene ring substituents is 1. The van der Waals surface area contributed by atoms with Gasteiger partial charge >= 0.3 is 6.01 Å². The lowest BCUT2D eigenvalue weighted by Gasteiger charge is -2.28. The molecule has 0 atom stereocenters. The fourth-order valence-corrected chi connectivity index (χ4v) is 4.57. The Hall–Kier alpha value is -3.35. The number of aryl methyl sites for hydroxylation is 1. The zero-order valence-corrected chi connectivity index (χ0v) is 20.2. The largest absolute Gasteiger partial charge is 0.462 e. The zero-order valence-electron chi connectivity index (χ0n) is 20.2. The van der Waals surface area contributed by atoms with Gasteiger partial charge < -0.3 is 19.1 Å². The molecule has 2 aromatic rings. The van der Waals surface area contributed by atoms with Crippen molar-refractivity contribution in [3.63, 3.8) is 0 Å². The number of fused-ring (bicyclic) bond motifs is 1. The molecule has 12 heteroatoms. The molecule has 36 heavy (non-hydrogen) atoms. The molecule has 0 unspecified atom stereocenters. The smallest absolute Gasteiger partial charge is 0.320 e. The molecule has 0 radical (unpaired) electrons. The quantitative estimate of drug-likeness (QED) is 0.428. The van der Waals surface area contributed by atoms with Crippen LogP contribution in [0.15, 0.2) is 29.4 Å². The number of hydrazone groups is 1. The first-order chi connectivity index (χ1) is 17.7. The van der Waals surface area contributed by atoms with E-state index in [1.807, 2.05) is 12.1 Å². The van der Waals surface area contributed by atoms with Crippen LogP contribution in [0, 0.1) is 10.1 Å². The van der Waals surface area contributed by atoms with Gasteiger partial charge in [0.1, 0.15) is 12.4 Å². The summed E-state index contributed by atoms with van der Waals surface area (Å²) in [5.74, 6) is 1.26. The summed E-state index contributed by atoms with van der Waals surface area (Å²) in [4.78, 5) is 24.5. The average Bonchev–Trinajstić information content (AvgIpc) is 2.92. The maximum atomic E-state index is 11.3. The second-order valence-corrected chi connectivity index (χ2v) is 8.92. The summed E-state index contributed by atoms with van der Waals surface area (Å²) in [6, 6.07) is 7.11. The third-order valence-corrected chi connectivity index (χ3v) is 6.55. The Morgan fingerprint density at radius 3 is 2.61 bits per heavy atom. The monoisotopic (exact) mass is 497 g/mol. The molecule has 1 aliphatic carbocycles. The number of anilines is 2. The van der Waals surface area contributed by atoms with Gasteiger partial charge in [0, 0.05) is 56.5 Å². The van der Waals surface area contributed by atoms with Gasteiger partial charge in [-0.3, -0.25) is 20.4 Å². The number of benzene rings is 1. The lowest BCUT2D eigenvalue weighted by Crippen LogP contribution is -2.39. The first-order valence-electron chi connectivity index (χ1n) is 12.4. The number of aromatic nitrogens is 2. The molecule has 3 aliphatic rings. The van der Waals surface area contributed by atoms with Crippen LogP contribution >= 0.6 is 0 Å². The summed E-state index contributed by atoms with van der Waals surface area (Å²) in [7, 11) is 0. The molecule has 1 aromatic heterocycles. The number of nitrogens with zero attached hydrogens (tertiary/aromatic N) is 6. The number of nitro benzene ring substituents is 1. The first kappa shape index (κ1) is 24.3. The summed E-state index contributed by atoms with van der Waals surface area (Å²) >= 11 is 0. The SMILES string of the molecule is O=[N+]([O-])c1ccc2c(c1)C(=NNc1cc(N3CCOCC3)nc(OCCN3CCOCC3)n1)CCC2. The van der Waals surface area contributed by atoms with E-state index < -0.39 is 0 Å². The number of hydrogen-bond donors (Lipinski definition) is 1. The van der Waals surface area contributed by atoms with E-state index >= 15 is 0 Å². The predicted molar refractivity (Wildman–Crippen MR) is 134 cm³/mol. The van der Waals surface area contributed by atoms with Gasteiger partial charge in [0.15, 0.2) is 5.82 Å². The zero-order chi connectivity index (χ0) is 24.7. The van der Waals surface area contributed by atoms with Gasteiger partial charge in [0.25, 0.3) is 5.69 Å². The van der Waals surface area contributed by atoms with Crippen molar-refractivity contribution >= 4 is 23.0 Å². The van der Waals surface area contributed by atoms with Gasteiger partial charge in [-0.25, -0.2) is 0 Å². The Morgan fingerprint density at radius 2 is 1.83 bits per heavy atom. The molecule has 2 aliphatic heterocycles. The van der Waals surface area contributed by atoms with Crippen LogP contribution in [-0.4, -0.2) is 91.3 Å². The number of morpholine rings is 2. The third kappa shape index (κ3) is 6.07. The van der Waals surface area contributed by atoms with Gasteiger partial charge in [-0.2, -0.15) is 15.1 Å². The van der Waals surface area contributed by atoms with Crippen molar-refractivity contribution in [1.29, 1.82) is 0 Å². The maximum Gasteiger partial charge on any atom is 0.320 e. The molecular formula is C24H31N7O5. The minimum absolute atomic E-state index is 0.0657. The molecular weight excluding hydrogens is 466 g/mol. The number of ether oxygens (including phenoxy) is 3. The Kier molecular flexibility index (Phi) is 7.84. The van der Waals surface area contributed by atoms with E-state index in [1.165, 1.54) is 0 Å². The van der Waals surface area contributed by atoms with Crippen molar-refractivity contribution in [1.82, 2.24) is 14.9 Å². The van der Waals surface area contributed by atoms with Crippen molar-refractivity contribution < 1.29 is 19.1 Å². The van der Waals surface area contributed by atoms with Crippen molar-refractivity contribution in [3.05, 3.63) is 45.5 Å². The highest BCUT2D eigenvalue weighted by molar-refractivity contribution is 6.03. The van der Waals surface area contributed by atoms with Crippen molar-refractivity contribution in [2.24, 2.45) is 5.10 Å². The fourth-order valence-electron chi connectivity index (χ4n) is 4.57. The summed E-state index contributed by atoms with van der Waals surface area (Å²) in [5, 5.41) is 15.9. The molecule has 1 N–H and O–H groups in total. The fraction of sp³-hybridized carbons (Fsp3) is 0.542. The number of nitrogens with one attached hydrogen (secondary N) is 1. The molecule has 192 valence electrons. The van der Waals surface area contributed by atoms with E-state index in [1.54, 1.807) is 12.1 Å². The van der Waals surface area contributed by atoms with E-state index in [-0.39, 0.29) is 16.6 Å². The minimum atomic E-state index is -0.375. The minimum Gasteiger partial charge on any atom is -0.462 e. The van der Waals surface area contributed by atoms with Crippen molar-refractivity contribution in [3.8, 4) is 6.01 Å². The van der Waals surface area contributed by atoms with Gasteiger partial charge in [-0.05, 0) is 24.8 Å². The number of nitro groups is 1. The van der Waals surface area contributed by atoms with Crippen LogP contribution in [0.25, 0.3) is 0 Å². The van der Waals surface area contributed by atoms with Crippen LogP contribution in [0.3, 0.4) is 0 Å². The van der Waals surface area contributed by atoms with E-state index in [0.717, 1.165) is 87.9 Å². The molecule has 0 bridgehead atoms. The average molecular weight is 498 g/mol. The molecule has 0 amide bonds. The third-order valence-electron chi connectivity index (χ3n) is 6.55. The van der Waals surface area contributed by atoms with Gasteiger partial charge in [-0.1, -0.05) is 6.07 Å². The predicted octanol–water partition coefficient (Wildman–Crippen LogP) is 2.08. The van der Waals surface area contributed by atoms with Crippen molar-refractivity contribution in [2.45, 2.75) is 19.3 Å². The van der Waals surface area contributed by atoms with Gasteiger partial charge in [-0.15, -0.1) is 0 Å². The van der Waals surface area contributed by atoms with Crippen LogP contribution in [0.1, 0.15) is 24.0 Å². The highest BCUT2D eigenvalue weighted by Crippen LogP contribution is 2.27. The molecule has 2 fully saturated rings. The second kappa shape index (κ2) is 11.6. The standard InChI is InChI=1S/C24H31N7O5/c32-31(33)19-5-4-18-2-1-3-21(20(18)16-19)27-28-22-17-23(30-9-13-35-14-10-30)26-24(25-22)36-15-8-29-6-11-34-12-7-29/h4-5,16-17H,1-3,6-15H2,(H,25,26,28). The summed E-state index contributed by atoms with van der Waals surface area (Å²) in [6.45, 7) is 7.24. The summed E-state index contributed by atoms with van der Waals surface area (Å²) in [5.41, 5.74) is 5.79. The van der Waals surface area contributed by atoms with E-state index in [2.05, 4.69) is 30.3 Å². The van der Waals surface area contributed by atoms with Crippen LogP contribution < -0.4 is 15.1 Å². The number of rotatable bonds is 8. The van der Waals surface area contributed by atoms with Gasteiger partial charge in [0.2, 0.25) is 0 Å². The molecule has 0 saturated carbocycles. The number of hydrogen-bond acceptors (Lipinski definition) is 11. The lowest BCUT2D eigenvalue weighted by molar-refractivity contribution is -0.384. The summed E-state index contributed by atoms with van der Waals surface area (Å²) < 4.78 is 16.8. The highest BCUT2D eigenvalue weighted by Gasteiger charge is 2.20. The first-order valence-corrected chi connectivity index (χ1v) is 12.4. The molecule has 3 heterocycles. The molecule has 5 rings (SSSR count). The molecule has 1 aromatic carbocycles. The maximum absolute atomic E-state index is 11.3. The van der Waals surface area contributed by atoms with E-state index in [4.69, 9.17) is 14.2 Å². The highest BCUT2D eigenvalue weighted by atomic mass is 16.6. The Bertz CT molecular complexity index is 1100. The van der Waals surface area contributed by atoms with E-state index in [9.17, 15) is 10.1 Å². The normalized spacial score (nSPS) is 19.7. The van der Waals surface area contributed by atoms with E-state index in [0.29, 0.717) is 25.6 Å². The second-order valence-electron chi connectivity index (χ2n) is 8.92. The van der Waals surface area contributed by atoms with Crippen LogP contribution in [0.4, 0.5) is 17.3 Å². The molecule has 12 nitrogen and oxygen atoms in total. The van der Waals surface area contributed by atoms with Crippen LogP contribution in [-0.2, 0) is 15.9 Å². The lowest BCUT2D eigenvalue weighted by atomic mass is 9.90. The van der Waals surface area contributed by atoms with Gasteiger partial charge in [0.05, 0.1) is 37.1 Å². The summed E-state index contributed by atoms with van der Waals surface area (Å²) in [6.07, 6.45) is 2.54. The Labute approximate surface area is 209 Å². The Balaban J connectivity index is 1.34. The van der Waals surface area contributed by atoms with Crippen LogP contribution in [0.5, 0.6) is 6.01 Å².